The minimum absolute atomic E-state index is 0.0367. The van der Waals surface area contributed by atoms with Gasteiger partial charge >= 0.3 is 19.8 Å². The van der Waals surface area contributed by atoms with E-state index in [0.717, 1.165) is 38.5 Å². The summed E-state index contributed by atoms with van der Waals surface area (Å²) in [7, 11) is 1.49. The maximum Gasteiger partial charge on any atom is 0.472 e. The molecule has 0 aliphatic heterocycles. The quantitative estimate of drug-likeness (QED) is 0.0284. The first-order valence-electron chi connectivity index (χ1n) is 21.8. The fourth-order valence-corrected chi connectivity index (χ4v) is 6.93. The van der Waals surface area contributed by atoms with Gasteiger partial charge in [-0.2, -0.15) is 0 Å². The minimum atomic E-state index is -4.36. The molecule has 0 aromatic heterocycles. The number of hydrogen-bond acceptors (Lipinski definition) is 7. The molecule has 52 heavy (non-hydrogen) atoms. The second kappa shape index (κ2) is 35.7. The molecule has 0 amide bonds. The predicted octanol–water partition coefficient (Wildman–Crippen LogP) is 12.0. The molecule has 0 aliphatic rings. The van der Waals surface area contributed by atoms with Crippen LogP contribution in [0.1, 0.15) is 206 Å². The van der Waals surface area contributed by atoms with Crippen LogP contribution in [-0.4, -0.2) is 74.9 Å². The Morgan fingerprint density at radius 3 is 1.23 bits per heavy atom. The Morgan fingerprint density at radius 1 is 0.519 bits per heavy atom. The van der Waals surface area contributed by atoms with Crippen LogP contribution in [0.2, 0.25) is 0 Å². The molecule has 9 nitrogen and oxygen atoms in total. The van der Waals surface area contributed by atoms with Crippen molar-refractivity contribution in [3.63, 3.8) is 0 Å². The highest BCUT2D eigenvalue weighted by atomic mass is 31.2. The van der Waals surface area contributed by atoms with E-state index in [9.17, 15) is 19.0 Å². The molecule has 10 heteroatoms. The molecule has 0 saturated heterocycles. The molecule has 1 unspecified atom stereocenters. The van der Waals surface area contributed by atoms with Gasteiger partial charge in [0.1, 0.15) is 19.8 Å². The van der Waals surface area contributed by atoms with Gasteiger partial charge in [0.2, 0.25) is 0 Å². The maximum absolute atomic E-state index is 12.6. The molecular weight excluding hydrogens is 677 g/mol. The van der Waals surface area contributed by atoms with E-state index in [2.05, 4.69) is 13.8 Å². The highest BCUT2D eigenvalue weighted by molar-refractivity contribution is 7.47. The summed E-state index contributed by atoms with van der Waals surface area (Å²) in [5, 5.41) is 0. The number of phosphoric ester groups is 1. The van der Waals surface area contributed by atoms with Gasteiger partial charge in [-0.05, 0) is 12.8 Å². The Kier molecular flexibility index (Phi) is 35.0. The number of nitrogens with zero attached hydrogens (tertiary/aromatic N) is 1. The van der Waals surface area contributed by atoms with Crippen molar-refractivity contribution >= 4 is 19.8 Å². The van der Waals surface area contributed by atoms with Gasteiger partial charge in [0.05, 0.1) is 27.7 Å². The zero-order valence-corrected chi connectivity index (χ0v) is 35.7. The third kappa shape index (κ3) is 38.7. The van der Waals surface area contributed by atoms with Gasteiger partial charge in [-0.15, -0.1) is 0 Å². The van der Waals surface area contributed by atoms with Crippen LogP contribution in [0.25, 0.3) is 0 Å². The number of rotatable bonds is 40. The van der Waals surface area contributed by atoms with E-state index >= 15 is 0 Å². The third-order valence-electron chi connectivity index (χ3n) is 9.64. The van der Waals surface area contributed by atoms with Crippen LogP contribution < -0.4 is 0 Å². The summed E-state index contributed by atoms with van der Waals surface area (Å²) < 4.78 is 34.3. The molecule has 0 saturated carbocycles. The van der Waals surface area contributed by atoms with Crippen LogP contribution in [0.15, 0.2) is 0 Å². The average Bonchev–Trinajstić information content (AvgIpc) is 3.09. The molecule has 2 atom stereocenters. The Morgan fingerprint density at radius 2 is 0.865 bits per heavy atom. The van der Waals surface area contributed by atoms with Crippen LogP contribution in [0.3, 0.4) is 0 Å². The van der Waals surface area contributed by atoms with E-state index in [1.165, 1.54) is 141 Å². The van der Waals surface area contributed by atoms with Crippen molar-refractivity contribution < 1.29 is 42.1 Å². The van der Waals surface area contributed by atoms with E-state index < -0.39 is 26.5 Å². The fraction of sp³-hybridized carbons (Fsp3) is 0.952. The Bertz CT molecular complexity index is 865. The lowest BCUT2D eigenvalue weighted by atomic mass is 10.0. The molecule has 0 radical (unpaired) electrons. The summed E-state index contributed by atoms with van der Waals surface area (Å²) in [6.45, 7) is 4.45. The number of esters is 2. The first kappa shape index (κ1) is 51.0. The number of likely N-dealkylation sites (N-methyl/N-ethyl adjacent to an activating group) is 1. The molecule has 0 aromatic carbocycles. The van der Waals surface area contributed by atoms with E-state index in [-0.39, 0.29) is 25.6 Å². The topological polar surface area (TPSA) is 108 Å². The average molecular weight is 763 g/mol. The molecule has 0 spiro atoms. The van der Waals surface area contributed by atoms with Gasteiger partial charge < -0.3 is 18.9 Å². The lowest BCUT2D eigenvalue weighted by molar-refractivity contribution is -0.870. The van der Waals surface area contributed by atoms with Crippen LogP contribution >= 0.6 is 7.82 Å². The lowest BCUT2D eigenvalue weighted by Gasteiger charge is -2.24. The SMILES string of the molecule is CCCCCCCCCCCCCCCCCCC(=O)OC[C@H](COP(=O)(O)OCC[N+](C)(C)C)OC(=O)CCCCCCCCCCCCCC. The van der Waals surface area contributed by atoms with Crippen LogP contribution in [-0.2, 0) is 32.7 Å². The van der Waals surface area contributed by atoms with Gasteiger partial charge in [0.25, 0.3) is 0 Å². The van der Waals surface area contributed by atoms with E-state index in [1.54, 1.807) is 0 Å². The second-order valence-electron chi connectivity index (χ2n) is 16.1. The van der Waals surface area contributed by atoms with Gasteiger partial charge in [-0.3, -0.25) is 18.6 Å². The number of carbonyl (C=O) groups excluding carboxylic acids is 2. The molecular formula is C42H85NO8P+. The lowest BCUT2D eigenvalue weighted by Crippen LogP contribution is -2.37. The van der Waals surface area contributed by atoms with Crippen molar-refractivity contribution in [2.24, 2.45) is 0 Å². The molecule has 1 N–H and O–H groups in total. The Labute approximate surface area is 321 Å². The Balaban J connectivity index is 4.30. The standard InChI is InChI=1S/C42H84NO8P/c1-6-8-10-12-14-16-18-20-21-22-23-25-26-28-30-32-34-41(44)48-38-40(39-50-52(46,47)49-37-36-43(3,4)5)51-42(45)35-33-31-29-27-24-19-17-15-13-11-9-7-2/h40H,6-39H2,1-5H3/p+1/t40-/m1/s1. The summed E-state index contributed by atoms with van der Waals surface area (Å²) in [6, 6.07) is 0. The van der Waals surface area contributed by atoms with Crippen molar-refractivity contribution in [3.05, 3.63) is 0 Å². The number of phosphoric acid groups is 1. The number of hydrogen-bond donors (Lipinski definition) is 1. The summed E-state index contributed by atoms with van der Waals surface area (Å²) in [5.74, 6) is -0.785. The van der Waals surface area contributed by atoms with Crippen LogP contribution in [0.4, 0.5) is 0 Å². The van der Waals surface area contributed by atoms with Gasteiger partial charge in [0.15, 0.2) is 6.10 Å². The zero-order chi connectivity index (χ0) is 38.6. The van der Waals surface area contributed by atoms with Crippen molar-refractivity contribution in [1.29, 1.82) is 0 Å². The summed E-state index contributed by atoms with van der Waals surface area (Å²) >= 11 is 0. The van der Waals surface area contributed by atoms with E-state index in [1.807, 2.05) is 21.1 Å². The maximum atomic E-state index is 12.6. The van der Waals surface area contributed by atoms with Gasteiger partial charge in [-0.1, -0.05) is 181 Å². The highest BCUT2D eigenvalue weighted by Crippen LogP contribution is 2.43. The third-order valence-corrected chi connectivity index (χ3v) is 10.6. The largest absolute Gasteiger partial charge is 0.472 e. The van der Waals surface area contributed by atoms with Crippen LogP contribution in [0.5, 0.6) is 0 Å². The smallest absolute Gasteiger partial charge is 0.462 e. The second-order valence-corrected chi connectivity index (χ2v) is 17.6. The summed E-state index contributed by atoms with van der Waals surface area (Å²) in [5.41, 5.74) is 0. The fourth-order valence-electron chi connectivity index (χ4n) is 6.19. The molecule has 0 aliphatic carbocycles. The normalized spacial score (nSPS) is 13.6. The Hall–Kier alpha value is -0.990. The van der Waals surface area contributed by atoms with Crippen LogP contribution in [0, 0.1) is 0 Å². The first-order valence-corrected chi connectivity index (χ1v) is 23.3. The predicted molar refractivity (Wildman–Crippen MR) is 215 cm³/mol. The molecule has 0 aromatic rings. The van der Waals surface area contributed by atoms with E-state index in [0.29, 0.717) is 17.4 Å². The number of quaternary nitrogens is 1. The van der Waals surface area contributed by atoms with Gasteiger partial charge in [0, 0.05) is 12.8 Å². The van der Waals surface area contributed by atoms with Gasteiger partial charge in [-0.25, -0.2) is 4.57 Å². The number of carbonyl (C=O) groups is 2. The highest BCUT2D eigenvalue weighted by Gasteiger charge is 2.27. The zero-order valence-electron chi connectivity index (χ0n) is 34.8. The molecule has 0 rings (SSSR count). The summed E-state index contributed by atoms with van der Waals surface area (Å²) in [6.07, 6.45) is 34.3. The molecule has 0 bridgehead atoms. The van der Waals surface area contributed by atoms with E-state index in [4.69, 9.17) is 18.5 Å². The van der Waals surface area contributed by atoms with Crippen molar-refractivity contribution in [3.8, 4) is 0 Å². The van der Waals surface area contributed by atoms with Crippen molar-refractivity contribution in [2.75, 3.05) is 47.5 Å². The monoisotopic (exact) mass is 763 g/mol. The summed E-state index contributed by atoms with van der Waals surface area (Å²) in [4.78, 5) is 35.3. The molecule has 0 fully saturated rings. The molecule has 0 heterocycles. The van der Waals surface area contributed by atoms with Crippen molar-refractivity contribution in [2.45, 2.75) is 213 Å². The minimum Gasteiger partial charge on any atom is -0.462 e. The number of ether oxygens (including phenoxy) is 2. The first-order chi connectivity index (χ1) is 25.0. The van der Waals surface area contributed by atoms with Crippen molar-refractivity contribution in [1.82, 2.24) is 0 Å². The molecule has 310 valence electrons. The number of unbranched alkanes of at least 4 members (excludes halogenated alkanes) is 26.